The zero-order valence-electron chi connectivity index (χ0n) is 12.1. The molecule has 0 spiro atoms. The quantitative estimate of drug-likeness (QED) is 0.775. The van der Waals surface area contributed by atoms with Gasteiger partial charge in [-0.3, -0.25) is 4.90 Å². The van der Waals surface area contributed by atoms with E-state index in [0.717, 1.165) is 23.8 Å². The Labute approximate surface area is 121 Å². The van der Waals surface area contributed by atoms with Gasteiger partial charge in [-0.2, -0.15) is 0 Å². The van der Waals surface area contributed by atoms with E-state index in [2.05, 4.69) is 34.5 Å². The van der Waals surface area contributed by atoms with E-state index in [1.165, 1.54) is 50.9 Å². The van der Waals surface area contributed by atoms with Crippen LogP contribution in [0.25, 0.3) is 0 Å². The summed E-state index contributed by atoms with van der Waals surface area (Å²) in [5.41, 5.74) is 3.01. The number of para-hydroxylation sites is 1. The number of hydrogen-bond acceptors (Lipinski definition) is 2. The van der Waals surface area contributed by atoms with Crippen LogP contribution in [0.3, 0.4) is 0 Å². The minimum absolute atomic E-state index is 0.689. The van der Waals surface area contributed by atoms with Gasteiger partial charge in [0.1, 0.15) is 0 Å². The number of nitrogens with zero attached hydrogens (tertiary/aromatic N) is 1. The number of hydrogen-bond donors (Lipinski definition) is 1. The topological polar surface area (TPSA) is 15.3 Å². The lowest BCUT2D eigenvalue weighted by atomic mass is 9.73. The second kappa shape index (κ2) is 4.24. The van der Waals surface area contributed by atoms with Crippen molar-refractivity contribution < 1.29 is 0 Å². The van der Waals surface area contributed by atoms with Gasteiger partial charge in [-0.1, -0.05) is 31.0 Å². The zero-order chi connectivity index (χ0) is 13.1. The zero-order valence-corrected chi connectivity index (χ0v) is 12.1. The number of piperidine rings is 1. The molecule has 1 aromatic rings. The maximum atomic E-state index is 3.90. The number of anilines is 1. The first kappa shape index (κ1) is 11.6. The minimum Gasteiger partial charge on any atom is -0.380 e. The molecule has 0 aromatic heterocycles. The molecule has 1 saturated carbocycles. The van der Waals surface area contributed by atoms with E-state index in [1.54, 1.807) is 5.56 Å². The first-order chi connectivity index (χ1) is 9.92. The highest BCUT2D eigenvalue weighted by atomic mass is 15.2. The van der Waals surface area contributed by atoms with Gasteiger partial charge in [0.2, 0.25) is 0 Å². The lowest BCUT2D eigenvalue weighted by Gasteiger charge is -2.42. The Morgan fingerprint density at radius 3 is 2.95 bits per heavy atom. The first-order valence-corrected chi connectivity index (χ1v) is 8.51. The number of fused-ring (bicyclic) bond motifs is 7. The summed E-state index contributed by atoms with van der Waals surface area (Å²) in [4.78, 5) is 2.83. The number of benzene rings is 1. The fraction of sp³-hybridized carbons (Fsp3) is 0.667. The smallest absolute Gasteiger partial charge is 0.0489 e. The third-order valence-electron chi connectivity index (χ3n) is 6.51. The highest BCUT2D eigenvalue weighted by molar-refractivity contribution is 5.60. The fourth-order valence-corrected chi connectivity index (χ4v) is 5.73. The molecule has 2 nitrogen and oxygen atoms in total. The maximum absolute atomic E-state index is 3.90. The molecule has 1 aromatic carbocycles. The van der Waals surface area contributed by atoms with Crippen molar-refractivity contribution in [3.8, 4) is 0 Å². The third-order valence-corrected chi connectivity index (χ3v) is 6.51. The SMILES string of the molecule is c1ccc2c(c1)N[C@@H]1[C@H]3[C@@H]4CCCC[C@@H]4CN3CC[C@H]21. The molecule has 2 heteroatoms. The summed E-state index contributed by atoms with van der Waals surface area (Å²) in [6.07, 6.45) is 7.26. The Morgan fingerprint density at radius 2 is 1.95 bits per heavy atom. The van der Waals surface area contributed by atoms with Crippen molar-refractivity contribution in [2.75, 3.05) is 18.4 Å². The Bertz CT molecular complexity index is 526. The van der Waals surface area contributed by atoms with Crippen LogP contribution >= 0.6 is 0 Å². The van der Waals surface area contributed by atoms with Gasteiger partial charge in [0, 0.05) is 30.2 Å². The summed E-state index contributed by atoms with van der Waals surface area (Å²) >= 11 is 0. The summed E-state index contributed by atoms with van der Waals surface area (Å²) in [7, 11) is 0. The largest absolute Gasteiger partial charge is 0.380 e. The lowest BCUT2D eigenvalue weighted by Crippen LogP contribution is -2.51. The second-order valence-corrected chi connectivity index (χ2v) is 7.35. The molecule has 5 atom stereocenters. The predicted octanol–water partition coefficient (Wildman–Crippen LogP) is 3.46. The lowest BCUT2D eigenvalue weighted by molar-refractivity contribution is 0.138. The van der Waals surface area contributed by atoms with Gasteiger partial charge >= 0.3 is 0 Å². The van der Waals surface area contributed by atoms with Crippen LogP contribution in [-0.4, -0.2) is 30.1 Å². The van der Waals surface area contributed by atoms with Crippen LogP contribution in [0, 0.1) is 11.8 Å². The van der Waals surface area contributed by atoms with Gasteiger partial charge < -0.3 is 5.32 Å². The van der Waals surface area contributed by atoms with Gasteiger partial charge in [0.15, 0.2) is 0 Å². The average Bonchev–Trinajstić information content (AvgIpc) is 3.04. The van der Waals surface area contributed by atoms with Gasteiger partial charge in [0.25, 0.3) is 0 Å². The fourth-order valence-electron chi connectivity index (χ4n) is 5.73. The first-order valence-electron chi connectivity index (χ1n) is 8.51. The summed E-state index contributed by atoms with van der Waals surface area (Å²) in [5, 5.41) is 3.90. The molecule has 0 amide bonds. The Morgan fingerprint density at radius 1 is 1.05 bits per heavy atom. The van der Waals surface area contributed by atoms with Crippen LogP contribution in [0.15, 0.2) is 24.3 Å². The molecule has 5 rings (SSSR count). The molecule has 4 aliphatic rings. The summed E-state index contributed by atoms with van der Waals surface area (Å²) < 4.78 is 0. The van der Waals surface area contributed by atoms with E-state index < -0.39 is 0 Å². The van der Waals surface area contributed by atoms with Crippen LogP contribution in [-0.2, 0) is 0 Å². The molecule has 3 aliphatic heterocycles. The van der Waals surface area contributed by atoms with Crippen molar-refractivity contribution in [3.63, 3.8) is 0 Å². The molecule has 2 saturated heterocycles. The van der Waals surface area contributed by atoms with E-state index in [0.29, 0.717) is 6.04 Å². The molecule has 3 heterocycles. The summed E-state index contributed by atoms with van der Waals surface area (Å²) in [6.45, 7) is 2.71. The molecule has 0 radical (unpaired) electrons. The Balaban J connectivity index is 1.51. The Kier molecular flexibility index (Phi) is 2.46. The molecule has 106 valence electrons. The monoisotopic (exact) mass is 268 g/mol. The number of rotatable bonds is 0. The van der Waals surface area contributed by atoms with Crippen molar-refractivity contribution in [1.82, 2.24) is 4.90 Å². The molecule has 0 unspecified atom stereocenters. The van der Waals surface area contributed by atoms with Crippen LogP contribution in [0.1, 0.15) is 43.6 Å². The normalized spacial score (nSPS) is 42.3. The van der Waals surface area contributed by atoms with Crippen molar-refractivity contribution in [1.29, 1.82) is 0 Å². The van der Waals surface area contributed by atoms with Crippen molar-refractivity contribution in [2.24, 2.45) is 11.8 Å². The Hall–Kier alpha value is -1.02. The van der Waals surface area contributed by atoms with Gasteiger partial charge in [-0.05, 0) is 49.3 Å². The minimum atomic E-state index is 0.689. The molecule has 1 aliphatic carbocycles. The van der Waals surface area contributed by atoms with Crippen LogP contribution < -0.4 is 5.32 Å². The molecular weight excluding hydrogens is 244 g/mol. The molecule has 1 N–H and O–H groups in total. The molecule has 0 bridgehead atoms. The van der Waals surface area contributed by atoms with Crippen LogP contribution in [0.2, 0.25) is 0 Å². The third kappa shape index (κ3) is 1.49. The van der Waals surface area contributed by atoms with E-state index in [-0.39, 0.29) is 0 Å². The van der Waals surface area contributed by atoms with Crippen molar-refractivity contribution in [3.05, 3.63) is 29.8 Å². The van der Waals surface area contributed by atoms with E-state index in [9.17, 15) is 0 Å². The van der Waals surface area contributed by atoms with Crippen LogP contribution in [0.4, 0.5) is 5.69 Å². The summed E-state index contributed by atoms with van der Waals surface area (Å²) in [5.74, 6) is 2.74. The predicted molar refractivity (Wildman–Crippen MR) is 82.0 cm³/mol. The summed E-state index contributed by atoms with van der Waals surface area (Å²) in [6, 6.07) is 10.5. The number of nitrogens with one attached hydrogen (secondary N) is 1. The molecular formula is C18H24N2. The maximum Gasteiger partial charge on any atom is 0.0489 e. The van der Waals surface area contributed by atoms with Crippen molar-refractivity contribution in [2.45, 2.75) is 50.1 Å². The van der Waals surface area contributed by atoms with Crippen LogP contribution in [0.5, 0.6) is 0 Å². The van der Waals surface area contributed by atoms with Gasteiger partial charge in [0.05, 0.1) is 0 Å². The van der Waals surface area contributed by atoms with Gasteiger partial charge in [-0.25, -0.2) is 0 Å². The van der Waals surface area contributed by atoms with Gasteiger partial charge in [-0.15, -0.1) is 0 Å². The highest BCUT2D eigenvalue weighted by Crippen LogP contribution is 2.50. The standard InChI is InChI=1S/C18H24N2/c1-2-6-13-12(5-1)11-20-10-9-15-14-7-3-4-8-16(14)19-17(15)18(13)20/h3-4,7-8,12-13,15,17-19H,1-2,5-6,9-11H2/t12-,13-,15-,17+,18-/m1/s1. The van der Waals surface area contributed by atoms with E-state index in [1.807, 2.05) is 0 Å². The van der Waals surface area contributed by atoms with E-state index in [4.69, 9.17) is 0 Å². The van der Waals surface area contributed by atoms with E-state index >= 15 is 0 Å². The van der Waals surface area contributed by atoms with Crippen molar-refractivity contribution >= 4 is 5.69 Å². The molecule has 20 heavy (non-hydrogen) atoms. The average molecular weight is 268 g/mol. The highest BCUT2D eigenvalue weighted by Gasteiger charge is 2.52. The molecule has 3 fully saturated rings. The second-order valence-electron chi connectivity index (χ2n) is 7.35.